The molecule has 1 fully saturated rings. The van der Waals surface area contributed by atoms with Gasteiger partial charge in [0.1, 0.15) is 0 Å². The highest BCUT2D eigenvalue weighted by Gasteiger charge is 2.22. The van der Waals surface area contributed by atoms with Crippen molar-refractivity contribution in [2.24, 2.45) is 4.99 Å². The number of aliphatic imine (C=N–C) groups is 1. The number of nitrogens with one attached hydrogen (secondary N) is 3. The molecule has 0 bridgehead atoms. The van der Waals surface area contributed by atoms with Crippen molar-refractivity contribution in [2.75, 3.05) is 20.1 Å². The first-order chi connectivity index (χ1) is 11.2. The third-order valence-corrected chi connectivity index (χ3v) is 4.82. The van der Waals surface area contributed by atoms with Gasteiger partial charge in [0.15, 0.2) is 5.96 Å². The zero-order chi connectivity index (χ0) is 16.5. The van der Waals surface area contributed by atoms with Crippen molar-refractivity contribution < 1.29 is 4.79 Å². The Kier molecular flexibility index (Phi) is 7.32. The van der Waals surface area contributed by atoms with Crippen LogP contribution in [-0.4, -0.2) is 43.0 Å². The molecular weight excluding hydrogens is 310 g/mol. The lowest BCUT2D eigenvalue weighted by Gasteiger charge is -2.11. The second kappa shape index (κ2) is 9.50. The molecule has 1 amide bonds. The van der Waals surface area contributed by atoms with E-state index in [0.717, 1.165) is 56.2 Å². The number of amides is 1. The molecule has 23 heavy (non-hydrogen) atoms. The summed E-state index contributed by atoms with van der Waals surface area (Å²) < 4.78 is 0. The van der Waals surface area contributed by atoms with Crippen LogP contribution in [0.5, 0.6) is 0 Å². The number of aromatic nitrogens is 1. The molecule has 1 aliphatic carbocycles. The standard InChI is InChI=1S/C16H27N5OS/c1-3-13-11-20-15(23-13)8-10-19-16(17-2)18-9-4-5-14(22)21-12-6-7-12/h11-12H,3-10H2,1-2H3,(H,21,22)(H2,17,18,19). The molecule has 0 atom stereocenters. The van der Waals surface area contributed by atoms with Gasteiger partial charge in [0.05, 0.1) is 5.01 Å². The van der Waals surface area contributed by atoms with Crippen LogP contribution in [0.2, 0.25) is 0 Å². The number of aryl methyl sites for hydroxylation is 1. The summed E-state index contributed by atoms with van der Waals surface area (Å²) in [5, 5.41) is 10.7. The summed E-state index contributed by atoms with van der Waals surface area (Å²) in [6, 6.07) is 0.448. The topological polar surface area (TPSA) is 78.4 Å². The van der Waals surface area contributed by atoms with Gasteiger partial charge in [-0.25, -0.2) is 4.98 Å². The van der Waals surface area contributed by atoms with Crippen molar-refractivity contribution in [3.63, 3.8) is 0 Å². The lowest BCUT2D eigenvalue weighted by atomic mass is 10.3. The molecule has 0 aliphatic heterocycles. The molecule has 1 saturated carbocycles. The van der Waals surface area contributed by atoms with Crippen LogP contribution < -0.4 is 16.0 Å². The number of guanidine groups is 1. The predicted octanol–water partition coefficient (Wildman–Crippen LogP) is 1.47. The molecule has 0 unspecified atom stereocenters. The first-order valence-electron chi connectivity index (χ1n) is 8.38. The van der Waals surface area contributed by atoms with Crippen molar-refractivity contribution in [3.05, 3.63) is 16.1 Å². The van der Waals surface area contributed by atoms with Crippen molar-refractivity contribution in [2.45, 2.75) is 51.5 Å². The van der Waals surface area contributed by atoms with Crippen molar-refractivity contribution in [3.8, 4) is 0 Å². The molecule has 128 valence electrons. The van der Waals surface area contributed by atoms with E-state index in [2.05, 4.69) is 32.9 Å². The van der Waals surface area contributed by atoms with Crippen LogP contribution in [0.15, 0.2) is 11.2 Å². The van der Waals surface area contributed by atoms with Gasteiger partial charge in [-0.3, -0.25) is 9.79 Å². The van der Waals surface area contributed by atoms with Gasteiger partial charge >= 0.3 is 0 Å². The minimum absolute atomic E-state index is 0.160. The second-order valence-electron chi connectivity index (χ2n) is 5.69. The molecule has 1 aromatic heterocycles. The predicted molar refractivity (Wildman–Crippen MR) is 95.0 cm³/mol. The summed E-state index contributed by atoms with van der Waals surface area (Å²) in [5.74, 6) is 0.938. The smallest absolute Gasteiger partial charge is 0.220 e. The zero-order valence-corrected chi connectivity index (χ0v) is 14.8. The largest absolute Gasteiger partial charge is 0.356 e. The molecular formula is C16H27N5OS. The van der Waals surface area contributed by atoms with E-state index in [0.29, 0.717) is 12.5 Å². The van der Waals surface area contributed by atoms with Crippen molar-refractivity contribution >= 4 is 23.2 Å². The molecule has 0 aromatic carbocycles. The van der Waals surface area contributed by atoms with Crippen LogP contribution in [0.4, 0.5) is 0 Å². The highest BCUT2D eigenvalue weighted by molar-refractivity contribution is 7.11. The fourth-order valence-electron chi connectivity index (χ4n) is 2.12. The third-order valence-electron chi connectivity index (χ3n) is 3.62. The van der Waals surface area contributed by atoms with Gasteiger partial charge in [0, 0.05) is 50.1 Å². The zero-order valence-electron chi connectivity index (χ0n) is 14.0. The number of hydrogen-bond acceptors (Lipinski definition) is 4. The van der Waals surface area contributed by atoms with Crippen LogP contribution in [0, 0.1) is 0 Å². The van der Waals surface area contributed by atoms with Crippen LogP contribution in [0.1, 0.15) is 42.5 Å². The summed E-state index contributed by atoms with van der Waals surface area (Å²) in [7, 11) is 1.76. The Morgan fingerprint density at radius 1 is 1.39 bits per heavy atom. The monoisotopic (exact) mass is 337 g/mol. The Morgan fingerprint density at radius 3 is 2.83 bits per heavy atom. The summed E-state index contributed by atoms with van der Waals surface area (Å²) in [5.41, 5.74) is 0. The average molecular weight is 337 g/mol. The van der Waals surface area contributed by atoms with Gasteiger partial charge in [0.2, 0.25) is 5.91 Å². The SMILES string of the molecule is CCc1cnc(CCNC(=NC)NCCCC(=O)NC2CC2)s1. The number of nitrogens with zero attached hydrogens (tertiary/aromatic N) is 2. The quantitative estimate of drug-likeness (QED) is 0.362. The molecule has 2 rings (SSSR count). The minimum Gasteiger partial charge on any atom is -0.356 e. The highest BCUT2D eigenvalue weighted by Crippen LogP contribution is 2.18. The van der Waals surface area contributed by atoms with E-state index in [1.807, 2.05) is 6.20 Å². The highest BCUT2D eigenvalue weighted by atomic mass is 32.1. The molecule has 1 heterocycles. The Hall–Kier alpha value is -1.63. The molecule has 1 aromatic rings. The molecule has 0 saturated heterocycles. The molecule has 0 radical (unpaired) electrons. The maximum absolute atomic E-state index is 11.6. The summed E-state index contributed by atoms with van der Waals surface area (Å²) in [4.78, 5) is 21.5. The number of carbonyl (C=O) groups excluding carboxylic acids is 1. The van der Waals surface area contributed by atoms with Gasteiger partial charge < -0.3 is 16.0 Å². The lowest BCUT2D eigenvalue weighted by Crippen LogP contribution is -2.39. The maximum Gasteiger partial charge on any atom is 0.220 e. The first-order valence-corrected chi connectivity index (χ1v) is 9.20. The number of hydrogen-bond donors (Lipinski definition) is 3. The van der Waals surface area contributed by atoms with Crippen LogP contribution >= 0.6 is 11.3 Å². The maximum atomic E-state index is 11.6. The molecule has 7 heteroatoms. The van der Waals surface area contributed by atoms with E-state index in [9.17, 15) is 4.79 Å². The molecule has 0 spiro atoms. The Balaban J connectivity index is 1.54. The Labute approximate surface area is 142 Å². The van der Waals surface area contributed by atoms with Gasteiger partial charge in [-0.15, -0.1) is 11.3 Å². The fraction of sp³-hybridized carbons (Fsp3) is 0.688. The van der Waals surface area contributed by atoms with Crippen LogP contribution in [0.25, 0.3) is 0 Å². The van der Waals surface area contributed by atoms with E-state index in [1.54, 1.807) is 18.4 Å². The van der Waals surface area contributed by atoms with Gasteiger partial charge in [0.25, 0.3) is 0 Å². The molecule has 6 nitrogen and oxygen atoms in total. The van der Waals surface area contributed by atoms with Gasteiger partial charge in [-0.1, -0.05) is 6.92 Å². The Morgan fingerprint density at radius 2 is 2.17 bits per heavy atom. The summed E-state index contributed by atoms with van der Waals surface area (Å²) >= 11 is 1.77. The molecule has 1 aliphatic rings. The van der Waals surface area contributed by atoms with Crippen molar-refractivity contribution in [1.82, 2.24) is 20.9 Å². The van der Waals surface area contributed by atoms with Crippen molar-refractivity contribution in [1.29, 1.82) is 0 Å². The summed E-state index contributed by atoms with van der Waals surface area (Å²) in [6.07, 6.45) is 7.56. The normalized spacial score (nSPS) is 14.6. The van der Waals surface area contributed by atoms with Crippen LogP contribution in [-0.2, 0) is 17.6 Å². The van der Waals surface area contributed by atoms with E-state index >= 15 is 0 Å². The number of thiazole rings is 1. The molecule has 3 N–H and O–H groups in total. The van der Waals surface area contributed by atoms with Crippen LogP contribution in [0.3, 0.4) is 0 Å². The van der Waals surface area contributed by atoms with E-state index in [1.165, 1.54) is 4.88 Å². The van der Waals surface area contributed by atoms with Gasteiger partial charge in [-0.05, 0) is 25.7 Å². The minimum atomic E-state index is 0.160. The van der Waals surface area contributed by atoms with E-state index in [4.69, 9.17) is 0 Å². The van der Waals surface area contributed by atoms with E-state index in [-0.39, 0.29) is 5.91 Å². The first kappa shape index (κ1) is 17.7. The van der Waals surface area contributed by atoms with E-state index < -0.39 is 0 Å². The van der Waals surface area contributed by atoms with Gasteiger partial charge in [-0.2, -0.15) is 0 Å². The third kappa shape index (κ3) is 6.99. The fourth-order valence-corrected chi connectivity index (χ4v) is 2.98. The summed E-state index contributed by atoms with van der Waals surface area (Å²) in [6.45, 7) is 3.69. The number of carbonyl (C=O) groups is 1. The number of rotatable bonds is 9. The second-order valence-corrected chi connectivity index (χ2v) is 6.89. The average Bonchev–Trinajstić information content (AvgIpc) is 3.24. The Bertz CT molecular complexity index is 524. The lowest BCUT2D eigenvalue weighted by molar-refractivity contribution is -0.121.